The second-order valence-corrected chi connectivity index (χ2v) is 14.0. The molecule has 0 saturated heterocycles. The van der Waals surface area contributed by atoms with Crippen LogP contribution in [0, 0.1) is 0 Å². The van der Waals surface area contributed by atoms with Gasteiger partial charge in [0, 0.05) is 0 Å². The molecule has 3 nitrogen and oxygen atoms in total. The summed E-state index contributed by atoms with van der Waals surface area (Å²) in [6.07, 6.45) is 2.32. The Balaban J connectivity index is 3.13. The molecule has 0 aliphatic heterocycles. The molecule has 0 saturated carbocycles. The maximum atomic E-state index is 12.4. The number of rotatable bonds is 7. The maximum absolute atomic E-state index is 12.4. The standard InChI is InChI=1S/C16H27O3PS/c1-6-20(5,7-2,8-3)19-21(17,18)14-15(4)16-12-10-9-11-13-16/h9-14H,6-8H2,1-5H3. The van der Waals surface area contributed by atoms with Crippen molar-refractivity contribution in [1.82, 2.24) is 0 Å². The summed E-state index contributed by atoms with van der Waals surface area (Å²) in [5.74, 6) is 0. The molecule has 0 N–H and O–H groups in total. The Morgan fingerprint density at radius 1 is 1.10 bits per heavy atom. The van der Waals surface area contributed by atoms with Gasteiger partial charge in [-0.3, -0.25) is 0 Å². The van der Waals surface area contributed by atoms with E-state index in [1.807, 2.05) is 57.8 Å². The molecule has 0 aromatic heterocycles. The van der Waals surface area contributed by atoms with Crippen molar-refractivity contribution < 1.29 is 12.4 Å². The Bertz CT molecular complexity index is 591. The van der Waals surface area contributed by atoms with Gasteiger partial charge in [0.05, 0.1) is 0 Å². The monoisotopic (exact) mass is 330 g/mol. The molecule has 0 fully saturated rings. The third-order valence-corrected chi connectivity index (χ3v) is 13.3. The summed E-state index contributed by atoms with van der Waals surface area (Å²) >= 11 is 0. The van der Waals surface area contributed by atoms with Gasteiger partial charge >= 0.3 is 129 Å². The molecule has 0 unspecified atom stereocenters. The molecule has 1 aromatic rings. The van der Waals surface area contributed by atoms with Gasteiger partial charge in [-0.05, 0) is 0 Å². The molecule has 0 atom stereocenters. The van der Waals surface area contributed by atoms with Crippen LogP contribution in [-0.2, 0) is 14.1 Å². The summed E-state index contributed by atoms with van der Waals surface area (Å²) in [6.45, 7) is 7.25. The zero-order valence-electron chi connectivity index (χ0n) is 13.7. The van der Waals surface area contributed by atoms with Crippen LogP contribution in [0.4, 0.5) is 0 Å². The van der Waals surface area contributed by atoms with Crippen LogP contribution < -0.4 is 0 Å². The van der Waals surface area contributed by atoms with Gasteiger partial charge in [0.25, 0.3) is 0 Å². The van der Waals surface area contributed by atoms with Gasteiger partial charge in [-0.1, -0.05) is 0 Å². The Morgan fingerprint density at radius 2 is 1.57 bits per heavy atom. The molecule has 0 amide bonds. The van der Waals surface area contributed by atoms with Crippen LogP contribution >= 0.6 is 6.83 Å². The van der Waals surface area contributed by atoms with E-state index in [4.69, 9.17) is 3.97 Å². The van der Waals surface area contributed by atoms with Crippen molar-refractivity contribution in [3.05, 3.63) is 41.3 Å². The average Bonchev–Trinajstić information content (AvgIpc) is 2.47. The van der Waals surface area contributed by atoms with E-state index in [2.05, 4.69) is 0 Å². The molecule has 1 aromatic carbocycles. The van der Waals surface area contributed by atoms with Crippen LogP contribution in [0.2, 0.25) is 0 Å². The molecular formula is C16H27O3PS. The van der Waals surface area contributed by atoms with Gasteiger partial charge < -0.3 is 0 Å². The van der Waals surface area contributed by atoms with Crippen LogP contribution in [-0.4, -0.2) is 33.6 Å². The third kappa shape index (κ3) is 4.64. The summed E-state index contributed by atoms with van der Waals surface area (Å²) in [4.78, 5) is 0. The fourth-order valence-corrected chi connectivity index (χ4v) is 8.10. The summed E-state index contributed by atoms with van der Waals surface area (Å²) in [7, 11) is -3.69. The molecule has 5 heteroatoms. The summed E-state index contributed by atoms with van der Waals surface area (Å²) in [5, 5.41) is 1.26. The van der Waals surface area contributed by atoms with E-state index in [1.54, 1.807) is 6.92 Å². The predicted octanol–water partition coefficient (Wildman–Crippen LogP) is 4.55. The van der Waals surface area contributed by atoms with Crippen LogP contribution in [0.3, 0.4) is 0 Å². The minimum atomic E-state index is -3.69. The van der Waals surface area contributed by atoms with E-state index in [0.29, 0.717) is 5.57 Å². The number of allylic oxidation sites excluding steroid dienone is 1. The Morgan fingerprint density at radius 3 is 2.00 bits per heavy atom. The first-order chi connectivity index (χ1) is 9.68. The van der Waals surface area contributed by atoms with Crippen molar-refractivity contribution in [2.75, 3.05) is 25.2 Å². The van der Waals surface area contributed by atoms with Gasteiger partial charge in [0.1, 0.15) is 0 Å². The average molecular weight is 330 g/mol. The molecule has 0 aliphatic carbocycles. The van der Waals surface area contributed by atoms with Crippen molar-refractivity contribution in [2.45, 2.75) is 27.7 Å². The van der Waals surface area contributed by atoms with Crippen molar-refractivity contribution in [2.24, 2.45) is 0 Å². The van der Waals surface area contributed by atoms with Gasteiger partial charge in [-0.2, -0.15) is 0 Å². The molecule has 0 bridgehead atoms. The quantitative estimate of drug-likeness (QED) is 0.689. The summed E-state index contributed by atoms with van der Waals surface area (Å²) in [6, 6.07) is 9.48. The van der Waals surface area contributed by atoms with E-state index in [0.717, 1.165) is 24.0 Å². The predicted molar refractivity (Wildman–Crippen MR) is 94.6 cm³/mol. The van der Waals surface area contributed by atoms with Gasteiger partial charge in [0.2, 0.25) is 0 Å². The second kappa shape index (κ2) is 6.60. The number of hydrogen-bond acceptors (Lipinski definition) is 3. The molecule has 120 valence electrons. The van der Waals surface area contributed by atoms with E-state index >= 15 is 0 Å². The number of hydrogen-bond donors (Lipinski definition) is 0. The van der Waals surface area contributed by atoms with Gasteiger partial charge in [-0.15, -0.1) is 0 Å². The topological polar surface area (TPSA) is 43.4 Å². The van der Waals surface area contributed by atoms with E-state index in [1.165, 1.54) is 5.41 Å². The zero-order valence-corrected chi connectivity index (χ0v) is 15.4. The molecule has 0 spiro atoms. The minimum absolute atomic E-state index is 0.698. The van der Waals surface area contributed by atoms with Crippen molar-refractivity contribution in [3.63, 3.8) is 0 Å². The summed E-state index contributed by atoms with van der Waals surface area (Å²) in [5.41, 5.74) is 1.59. The molecule has 0 heterocycles. The van der Waals surface area contributed by atoms with Crippen LogP contribution in [0.15, 0.2) is 35.7 Å². The van der Waals surface area contributed by atoms with Crippen LogP contribution in [0.1, 0.15) is 33.3 Å². The van der Waals surface area contributed by atoms with E-state index in [9.17, 15) is 8.42 Å². The van der Waals surface area contributed by atoms with E-state index in [-0.39, 0.29) is 0 Å². The first-order valence-corrected chi connectivity index (χ1v) is 12.0. The Labute approximate surface area is 129 Å². The molecular weight excluding hydrogens is 303 g/mol. The normalized spacial score (nSPS) is 15.5. The van der Waals surface area contributed by atoms with Gasteiger partial charge in [0.15, 0.2) is 0 Å². The fraction of sp³-hybridized carbons (Fsp3) is 0.500. The van der Waals surface area contributed by atoms with Crippen LogP contribution in [0.5, 0.6) is 0 Å². The third-order valence-electron chi connectivity index (χ3n) is 4.56. The molecule has 1 rings (SSSR count). The van der Waals surface area contributed by atoms with Crippen molar-refractivity contribution in [3.8, 4) is 0 Å². The van der Waals surface area contributed by atoms with E-state index < -0.39 is 16.9 Å². The fourth-order valence-electron chi connectivity index (χ4n) is 2.16. The SMILES string of the molecule is CCP(C)(CC)(CC)OS(=O)(=O)C=C(C)c1ccccc1. The first-order valence-electron chi connectivity index (χ1n) is 7.38. The molecule has 0 aliphatic rings. The number of benzene rings is 1. The first kappa shape index (κ1) is 18.3. The van der Waals surface area contributed by atoms with Gasteiger partial charge in [-0.25, -0.2) is 0 Å². The second-order valence-electron chi connectivity index (χ2n) is 5.87. The van der Waals surface area contributed by atoms with Crippen molar-refractivity contribution >= 4 is 22.5 Å². The zero-order chi connectivity index (χ0) is 16.2. The Kier molecular flexibility index (Phi) is 5.76. The van der Waals surface area contributed by atoms with Crippen molar-refractivity contribution in [1.29, 1.82) is 0 Å². The molecule has 0 radical (unpaired) electrons. The molecule has 21 heavy (non-hydrogen) atoms. The van der Waals surface area contributed by atoms with Crippen LogP contribution in [0.25, 0.3) is 5.57 Å². The summed E-state index contributed by atoms with van der Waals surface area (Å²) < 4.78 is 30.7. The Hall–Kier alpha value is -0.700.